The molecule has 9 heteroatoms. The van der Waals surface area contributed by atoms with Crippen LogP contribution in [0.1, 0.15) is 12.5 Å². The Morgan fingerprint density at radius 3 is 2.51 bits per heavy atom. The summed E-state index contributed by atoms with van der Waals surface area (Å²) >= 11 is 0. The van der Waals surface area contributed by atoms with Gasteiger partial charge in [-0.3, -0.25) is 14.0 Å². The molecule has 0 aliphatic heterocycles. The summed E-state index contributed by atoms with van der Waals surface area (Å²) in [5.74, 6) is -0.442. The number of carbonyl (C=O) groups is 1. The van der Waals surface area contributed by atoms with Gasteiger partial charge in [0.05, 0.1) is 6.61 Å². The highest BCUT2D eigenvalue weighted by Gasteiger charge is 2.17. The van der Waals surface area contributed by atoms with Crippen LogP contribution < -0.4 is 20.3 Å². The van der Waals surface area contributed by atoms with Crippen molar-refractivity contribution in [1.82, 2.24) is 9.38 Å². The largest absolute Gasteiger partial charge is 0.494 e. The Bertz CT molecular complexity index is 1500. The fraction of sp³-hybridized carbons (Fsp3) is 0.0769. The molecular weight excluding hydrogens is 451 g/mol. The molecule has 0 atom stereocenters. The lowest BCUT2D eigenvalue weighted by molar-refractivity contribution is -0.112. The van der Waals surface area contributed by atoms with E-state index in [1.807, 2.05) is 13.0 Å². The van der Waals surface area contributed by atoms with Crippen LogP contribution in [-0.4, -0.2) is 21.9 Å². The number of fused-ring (bicyclic) bond motifs is 1. The molecule has 2 heterocycles. The molecule has 0 spiro atoms. The van der Waals surface area contributed by atoms with E-state index in [2.05, 4.69) is 10.3 Å². The summed E-state index contributed by atoms with van der Waals surface area (Å²) in [7, 11) is 0. The van der Waals surface area contributed by atoms with Crippen molar-refractivity contribution in [3.05, 3.63) is 100 Å². The predicted octanol–water partition coefficient (Wildman–Crippen LogP) is 4.57. The van der Waals surface area contributed by atoms with Crippen molar-refractivity contribution < 1.29 is 18.7 Å². The Morgan fingerprint density at radius 1 is 1.11 bits per heavy atom. The van der Waals surface area contributed by atoms with Gasteiger partial charge in [0, 0.05) is 11.9 Å². The summed E-state index contributed by atoms with van der Waals surface area (Å²) in [5.41, 5.74) is -0.261. The van der Waals surface area contributed by atoms with Crippen LogP contribution >= 0.6 is 0 Å². The molecule has 4 aromatic rings. The van der Waals surface area contributed by atoms with E-state index in [1.165, 1.54) is 34.9 Å². The van der Waals surface area contributed by atoms with Gasteiger partial charge in [-0.05, 0) is 73.7 Å². The highest BCUT2D eigenvalue weighted by atomic mass is 19.1. The second kappa shape index (κ2) is 10.3. The lowest BCUT2D eigenvalue weighted by atomic mass is 10.1. The van der Waals surface area contributed by atoms with Crippen LogP contribution in [0.2, 0.25) is 0 Å². The number of aromatic nitrogens is 2. The molecule has 0 fully saturated rings. The minimum atomic E-state index is -0.720. The molecule has 0 unspecified atom stereocenters. The van der Waals surface area contributed by atoms with E-state index in [0.717, 1.165) is 6.08 Å². The number of nitriles is 1. The van der Waals surface area contributed by atoms with Gasteiger partial charge in [0.2, 0.25) is 5.88 Å². The lowest BCUT2D eigenvalue weighted by Crippen LogP contribution is -2.20. The molecule has 2 aromatic heterocycles. The molecule has 2 aromatic carbocycles. The van der Waals surface area contributed by atoms with Gasteiger partial charge in [-0.15, -0.1) is 0 Å². The zero-order valence-corrected chi connectivity index (χ0v) is 18.6. The van der Waals surface area contributed by atoms with Crippen LogP contribution in [0.4, 0.5) is 10.1 Å². The molecule has 0 saturated heterocycles. The van der Waals surface area contributed by atoms with Crippen molar-refractivity contribution in [3.63, 3.8) is 0 Å². The summed E-state index contributed by atoms with van der Waals surface area (Å²) in [4.78, 5) is 30.4. The molecule has 0 saturated carbocycles. The Morgan fingerprint density at radius 2 is 1.83 bits per heavy atom. The van der Waals surface area contributed by atoms with Crippen molar-refractivity contribution in [2.24, 2.45) is 0 Å². The quantitative estimate of drug-likeness (QED) is 0.313. The number of amides is 1. The number of halogens is 1. The minimum Gasteiger partial charge on any atom is -0.494 e. The number of ether oxygens (including phenoxy) is 2. The number of pyridine rings is 1. The van der Waals surface area contributed by atoms with Crippen molar-refractivity contribution in [2.45, 2.75) is 6.92 Å². The number of nitrogens with one attached hydrogen (secondary N) is 1. The SMILES string of the molecule is CCOc1ccc(NC(=O)C(C#N)=Cc2c(Oc3ccc(F)cc3)nc3ccccn3c2=O)cc1. The van der Waals surface area contributed by atoms with Gasteiger partial charge in [0.25, 0.3) is 11.5 Å². The standard InChI is InChI=1S/C26H19FN4O4/c1-2-34-20-12-8-19(9-13-20)29-24(32)17(16-28)15-22-25(35-21-10-6-18(27)7-11-21)30-23-5-3-4-14-31(23)26(22)33/h3-15H,2H2,1H3,(H,29,32). The monoisotopic (exact) mass is 470 g/mol. The van der Waals surface area contributed by atoms with Crippen LogP contribution in [0, 0.1) is 17.1 Å². The summed E-state index contributed by atoms with van der Waals surface area (Å²) in [6.07, 6.45) is 2.63. The van der Waals surface area contributed by atoms with Gasteiger partial charge in [-0.1, -0.05) is 6.07 Å². The molecule has 4 rings (SSSR count). The van der Waals surface area contributed by atoms with Crippen molar-refractivity contribution in [2.75, 3.05) is 11.9 Å². The number of anilines is 1. The normalized spacial score (nSPS) is 11.1. The van der Waals surface area contributed by atoms with Crippen LogP contribution in [0.3, 0.4) is 0 Å². The topological polar surface area (TPSA) is 106 Å². The Labute approximate surface area is 199 Å². The first kappa shape index (κ1) is 23.2. The number of rotatable bonds is 7. The van der Waals surface area contributed by atoms with E-state index >= 15 is 0 Å². The molecule has 1 N–H and O–H groups in total. The lowest BCUT2D eigenvalue weighted by Gasteiger charge is -2.10. The van der Waals surface area contributed by atoms with E-state index in [4.69, 9.17) is 9.47 Å². The van der Waals surface area contributed by atoms with Crippen molar-refractivity contribution >= 4 is 23.3 Å². The Balaban J connectivity index is 1.72. The average molecular weight is 470 g/mol. The van der Waals surface area contributed by atoms with E-state index in [-0.39, 0.29) is 22.8 Å². The highest BCUT2D eigenvalue weighted by molar-refractivity contribution is 6.09. The van der Waals surface area contributed by atoms with Crippen LogP contribution in [-0.2, 0) is 4.79 Å². The molecule has 0 aliphatic rings. The fourth-order valence-corrected chi connectivity index (χ4v) is 3.19. The molecular formula is C26H19FN4O4. The van der Waals surface area contributed by atoms with Gasteiger partial charge in [0.15, 0.2) is 0 Å². The second-order valence-corrected chi connectivity index (χ2v) is 7.20. The van der Waals surface area contributed by atoms with Crippen molar-refractivity contribution in [1.29, 1.82) is 5.26 Å². The third-order valence-electron chi connectivity index (χ3n) is 4.84. The summed E-state index contributed by atoms with van der Waals surface area (Å²) in [6, 6.07) is 18.6. The zero-order chi connectivity index (χ0) is 24.8. The Hall–Kier alpha value is -4.97. The van der Waals surface area contributed by atoms with Gasteiger partial charge in [-0.2, -0.15) is 10.2 Å². The number of benzene rings is 2. The summed E-state index contributed by atoms with van der Waals surface area (Å²) in [6.45, 7) is 2.36. The second-order valence-electron chi connectivity index (χ2n) is 7.20. The molecule has 8 nitrogen and oxygen atoms in total. The highest BCUT2D eigenvalue weighted by Crippen LogP contribution is 2.24. The predicted molar refractivity (Wildman–Crippen MR) is 128 cm³/mol. The maximum atomic E-state index is 13.3. The maximum Gasteiger partial charge on any atom is 0.269 e. The van der Waals surface area contributed by atoms with Gasteiger partial charge in [-0.25, -0.2) is 4.39 Å². The van der Waals surface area contributed by atoms with Crippen molar-refractivity contribution in [3.8, 4) is 23.4 Å². The molecule has 174 valence electrons. The Kier molecular flexibility index (Phi) is 6.83. The molecule has 0 aliphatic carbocycles. The maximum absolute atomic E-state index is 13.3. The zero-order valence-electron chi connectivity index (χ0n) is 18.6. The number of hydrogen-bond acceptors (Lipinski definition) is 6. The molecule has 35 heavy (non-hydrogen) atoms. The molecule has 0 radical (unpaired) electrons. The molecule has 0 bridgehead atoms. The number of nitrogens with zero attached hydrogens (tertiary/aromatic N) is 3. The third kappa shape index (κ3) is 5.34. The minimum absolute atomic E-state index is 0.114. The summed E-state index contributed by atoms with van der Waals surface area (Å²) in [5, 5.41) is 12.3. The van der Waals surface area contributed by atoms with E-state index in [1.54, 1.807) is 42.5 Å². The van der Waals surface area contributed by atoms with Crippen LogP contribution in [0.15, 0.2) is 83.3 Å². The van der Waals surface area contributed by atoms with E-state index in [9.17, 15) is 19.2 Å². The first-order valence-electron chi connectivity index (χ1n) is 10.6. The van der Waals surface area contributed by atoms with Crippen LogP contribution in [0.25, 0.3) is 11.7 Å². The van der Waals surface area contributed by atoms with E-state index in [0.29, 0.717) is 23.7 Å². The number of carbonyl (C=O) groups excluding carboxylic acids is 1. The molecule has 1 amide bonds. The van der Waals surface area contributed by atoms with Gasteiger partial charge < -0.3 is 14.8 Å². The first-order chi connectivity index (χ1) is 17.0. The third-order valence-corrected chi connectivity index (χ3v) is 4.84. The number of hydrogen-bond donors (Lipinski definition) is 1. The van der Waals surface area contributed by atoms with Gasteiger partial charge in [0.1, 0.15) is 40.2 Å². The smallest absolute Gasteiger partial charge is 0.269 e. The fourth-order valence-electron chi connectivity index (χ4n) is 3.19. The first-order valence-corrected chi connectivity index (χ1v) is 10.6. The summed E-state index contributed by atoms with van der Waals surface area (Å²) < 4.78 is 25.7. The average Bonchev–Trinajstić information content (AvgIpc) is 2.86. The van der Waals surface area contributed by atoms with Gasteiger partial charge >= 0.3 is 0 Å². The van der Waals surface area contributed by atoms with Crippen LogP contribution in [0.5, 0.6) is 17.4 Å². The van der Waals surface area contributed by atoms with E-state index < -0.39 is 17.3 Å².